The number of carbonyl (C=O) groups is 1. The van der Waals surface area contributed by atoms with Crippen molar-refractivity contribution in [2.45, 2.75) is 19.3 Å². The number of hydrogen-bond acceptors (Lipinski definition) is 2. The molecule has 0 spiro atoms. The Morgan fingerprint density at radius 3 is 2.76 bits per heavy atom. The van der Waals surface area contributed by atoms with Gasteiger partial charge in [-0.05, 0) is 37.5 Å². The molecule has 3 nitrogen and oxygen atoms in total. The van der Waals surface area contributed by atoms with Gasteiger partial charge in [0.1, 0.15) is 5.82 Å². The number of rotatable bonds is 6. The van der Waals surface area contributed by atoms with Gasteiger partial charge in [-0.1, -0.05) is 11.6 Å². The maximum absolute atomic E-state index is 12.8. The number of amides is 1. The number of benzene rings is 1. The molecule has 94 valence electrons. The summed E-state index contributed by atoms with van der Waals surface area (Å²) in [6.07, 6.45) is 2.38. The third-order valence-corrected chi connectivity index (χ3v) is 2.61. The Morgan fingerprint density at radius 1 is 1.35 bits per heavy atom. The molecule has 5 heteroatoms. The van der Waals surface area contributed by atoms with E-state index in [1.54, 1.807) is 0 Å². The Labute approximate surface area is 105 Å². The van der Waals surface area contributed by atoms with E-state index < -0.39 is 5.82 Å². The predicted octanol–water partition coefficient (Wildman–Crippen LogP) is 2.37. The van der Waals surface area contributed by atoms with E-state index in [9.17, 15) is 9.18 Å². The molecule has 1 amide bonds. The second-order valence-electron chi connectivity index (χ2n) is 3.66. The molecule has 0 aliphatic heterocycles. The minimum Gasteiger partial charge on any atom is -0.396 e. The lowest BCUT2D eigenvalue weighted by Crippen LogP contribution is -2.24. The summed E-state index contributed by atoms with van der Waals surface area (Å²) in [7, 11) is 0. The lowest BCUT2D eigenvalue weighted by atomic mass is 10.2. The normalized spacial score (nSPS) is 10.3. The number of nitrogens with one attached hydrogen (secondary N) is 1. The summed E-state index contributed by atoms with van der Waals surface area (Å²) in [5, 5.41) is 11.4. The Bertz CT molecular complexity index is 385. The van der Waals surface area contributed by atoms with Gasteiger partial charge < -0.3 is 10.4 Å². The fourth-order valence-corrected chi connectivity index (χ4v) is 1.64. The Hall–Kier alpha value is -1.13. The van der Waals surface area contributed by atoms with Crippen molar-refractivity contribution in [1.82, 2.24) is 5.32 Å². The molecule has 0 heterocycles. The van der Waals surface area contributed by atoms with Gasteiger partial charge >= 0.3 is 0 Å². The van der Waals surface area contributed by atoms with Crippen molar-refractivity contribution >= 4 is 17.5 Å². The van der Waals surface area contributed by atoms with Crippen molar-refractivity contribution in [3.63, 3.8) is 0 Å². The molecule has 2 N–H and O–H groups in total. The van der Waals surface area contributed by atoms with Crippen LogP contribution in [0.15, 0.2) is 18.2 Å². The van der Waals surface area contributed by atoms with Crippen LogP contribution >= 0.6 is 11.6 Å². The van der Waals surface area contributed by atoms with Crippen molar-refractivity contribution in [2.75, 3.05) is 13.2 Å². The van der Waals surface area contributed by atoms with Crippen LogP contribution < -0.4 is 5.32 Å². The molecule has 1 aromatic rings. The standard InChI is InChI=1S/C12H15ClFNO2/c13-11-8-9(14)4-5-10(11)12(17)15-6-2-1-3-7-16/h4-5,8,16H,1-3,6-7H2,(H,15,17). The summed E-state index contributed by atoms with van der Waals surface area (Å²) in [6, 6.07) is 3.68. The first-order valence-corrected chi connectivity index (χ1v) is 5.87. The molecule has 0 aliphatic rings. The van der Waals surface area contributed by atoms with E-state index in [0.717, 1.165) is 25.3 Å². The highest BCUT2D eigenvalue weighted by Crippen LogP contribution is 2.16. The van der Waals surface area contributed by atoms with Crippen molar-refractivity contribution in [2.24, 2.45) is 0 Å². The summed E-state index contributed by atoms with van der Waals surface area (Å²) in [5.74, 6) is -0.770. The predicted molar refractivity (Wildman–Crippen MR) is 64.7 cm³/mol. The van der Waals surface area contributed by atoms with Gasteiger partial charge in [0.2, 0.25) is 0 Å². The number of carbonyl (C=O) groups excluding carboxylic acids is 1. The van der Waals surface area contributed by atoms with E-state index in [2.05, 4.69) is 5.32 Å². The van der Waals surface area contributed by atoms with Crippen molar-refractivity contribution in [3.8, 4) is 0 Å². The van der Waals surface area contributed by atoms with Gasteiger partial charge in [-0.15, -0.1) is 0 Å². The smallest absolute Gasteiger partial charge is 0.252 e. The number of hydrogen-bond donors (Lipinski definition) is 2. The molecular formula is C12H15ClFNO2. The highest BCUT2D eigenvalue weighted by Gasteiger charge is 2.09. The zero-order valence-corrected chi connectivity index (χ0v) is 10.1. The highest BCUT2D eigenvalue weighted by atomic mass is 35.5. The van der Waals surface area contributed by atoms with Gasteiger partial charge in [-0.3, -0.25) is 4.79 Å². The Kier molecular flexibility index (Phi) is 5.94. The summed E-state index contributed by atoms with van der Waals surface area (Å²) in [6.45, 7) is 0.685. The van der Waals surface area contributed by atoms with Crippen LogP contribution in [0.2, 0.25) is 5.02 Å². The Morgan fingerprint density at radius 2 is 2.12 bits per heavy atom. The van der Waals surface area contributed by atoms with Crippen molar-refractivity contribution in [1.29, 1.82) is 0 Å². The molecule has 0 aliphatic carbocycles. The van der Waals surface area contributed by atoms with Gasteiger partial charge in [0.15, 0.2) is 0 Å². The summed E-state index contributed by atoms with van der Waals surface area (Å²) in [4.78, 5) is 11.6. The van der Waals surface area contributed by atoms with E-state index in [4.69, 9.17) is 16.7 Å². The molecular weight excluding hydrogens is 245 g/mol. The summed E-state index contributed by atoms with van der Waals surface area (Å²) >= 11 is 5.75. The van der Waals surface area contributed by atoms with Crippen LogP contribution in [-0.2, 0) is 0 Å². The summed E-state index contributed by atoms with van der Waals surface area (Å²) < 4.78 is 12.8. The first kappa shape index (κ1) is 13.9. The minimum atomic E-state index is -0.463. The molecule has 1 rings (SSSR count). The monoisotopic (exact) mass is 259 g/mol. The van der Waals surface area contributed by atoms with Crippen LogP contribution in [0.4, 0.5) is 4.39 Å². The third kappa shape index (κ3) is 4.71. The second-order valence-corrected chi connectivity index (χ2v) is 4.07. The van der Waals surface area contributed by atoms with Gasteiger partial charge in [0.25, 0.3) is 5.91 Å². The first-order valence-electron chi connectivity index (χ1n) is 5.49. The Balaban J connectivity index is 2.42. The van der Waals surface area contributed by atoms with E-state index in [1.165, 1.54) is 12.1 Å². The molecule has 17 heavy (non-hydrogen) atoms. The van der Waals surface area contributed by atoms with Crippen LogP contribution in [0.25, 0.3) is 0 Å². The lowest BCUT2D eigenvalue weighted by molar-refractivity contribution is 0.0953. The van der Waals surface area contributed by atoms with Gasteiger partial charge in [-0.25, -0.2) is 4.39 Å². The van der Waals surface area contributed by atoms with Crippen LogP contribution in [-0.4, -0.2) is 24.2 Å². The number of halogens is 2. The maximum atomic E-state index is 12.8. The molecule has 0 fully saturated rings. The van der Waals surface area contributed by atoms with E-state index >= 15 is 0 Å². The van der Waals surface area contributed by atoms with Crippen molar-refractivity contribution in [3.05, 3.63) is 34.6 Å². The fourth-order valence-electron chi connectivity index (χ4n) is 1.38. The SMILES string of the molecule is O=C(NCCCCCO)c1ccc(F)cc1Cl. The van der Waals surface area contributed by atoms with Gasteiger partial charge in [0.05, 0.1) is 10.6 Å². The van der Waals surface area contributed by atoms with E-state index in [-0.39, 0.29) is 23.1 Å². The molecule has 0 aromatic heterocycles. The summed E-state index contributed by atoms with van der Waals surface area (Å²) in [5.41, 5.74) is 0.273. The van der Waals surface area contributed by atoms with Crippen LogP contribution in [0.1, 0.15) is 29.6 Å². The lowest BCUT2D eigenvalue weighted by Gasteiger charge is -2.06. The number of unbranched alkanes of at least 4 members (excludes halogenated alkanes) is 2. The fraction of sp³-hybridized carbons (Fsp3) is 0.417. The van der Waals surface area contributed by atoms with Crippen LogP contribution in [0.5, 0.6) is 0 Å². The zero-order chi connectivity index (χ0) is 12.7. The third-order valence-electron chi connectivity index (χ3n) is 2.30. The van der Waals surface area contributed by atoms with Crippen molar-refractivity contribution < 1.29 is 14.3 Å². The number of aliphatic hydroxyl groups excluding tert-OH is 1. The maximum Gasteiger partial charge on any atom is 0.252 e. The first-order chi connectivity index (χ1) is 8.15. The van der Waals surface area contributed by atoms with Crippen LogP contribution in [0.3, 0.4) is 0 Å². The molecule has 0 saturated heterocycles. The minimum absolute atomic E-state index is 0.109. The van der Waals surface area contributed by atoms with Crippen LogP contribution in [0, 0.1) is 5.82 Å². The topological polar surface area (TPSA) is 49.3 Å². The average Bonchev–Trinajstić information content (AvgIpc) is 2.28. The highest BCUT2D eigenvalue weighted by molar-refractivity contribution is 6.33. The molecule has 0 saturated carbocycles. The molecule has 0 atom stereocenters. The molecule has 0 bridgehead atoms. The molecule has 0 radical (unpaired) electrons. The van der Waals surface area contributed by atoms with E-state index in [0.29, 0.717) is 6.54 Å². The molecule has 0 unspecified atom stereocenters. The van der Waals surface area contributed by atoms with Gasteiger partial charge in [-0.2, -0.15) is 0 Å². The number of aliphatic hydroxyl groups is 1. The average molecular weight is 260 g/mol. The van der Waals surface area contributed by atoms with E-state index in [1.807, 2.05) is 0 Å². The van der Waals surface area contributed by atoms with Gasteiger partial charge in [0, 0.05) is 13.2 Å². The quantitative estimate of drug-likeness (QED) is 0.771. The zero-order valence-electron chi connectivity index (χ0n) is 9.38. The largest absolute Gasteiger partial charge is 0.396 e. The molecule has 1 aromatic carbocycles. The second kappa shape index (κ2) is 7.25.